The van der Waals surface area contributed by atoms with Gasteiger partial charge in [-0.1, -0.05) is 13.8 Å². The van der Waals surface area contributed by atoms with Crippen molar-refractivity contribution >= 4 is 5.82 Å². The number of rotatable bonds is 2. The van der Waals surface area contributed by atoms with Crippen molar-refractivity contribution in [2.24, 2.45) is 7.05 Å². The molecule has 0 saturated carbocycles. The van der Waals surface area contributed by atoms with Crippen LogP contribution in [0.5, 0.6) is 0 Å². The number of hydrogen-bond donors (Lipinski definition) is 1. The smallest absolute Gasteiger partial charge is 0.164 e. The van der Waals surface area contributed by atoms with Crippen molar-refractivity contribution in [3.8, 4) is 11.4 Å². The molecular formula is C11H15N5. The second kappa shape index (κ2) is 3.92. The van der Waals surface area contributed by atoms with Crippen LogP contribution in [0.15, 0.2) is 18.5 Å². The lowest BCUT2D eigenvalue weighted by Crippen LogP contribution is -2.01. The van der Waals surface area contributed by atoms with Crippen LogP contribution in [0.3, 0.4) is 0 Å². The third-order valence-electron chi connectivity index (χ3n) is 2.32. The van der Waals surface area contributed by atoms with Crippen LogP contribution in [0.2, 0.25) is 0 Å². The maximum absolute atomic E-state index is 5.76. The molecule has 2 heterocycles. The van der Waals surface area contributed by atoms with Crippen LogP contribution in [-0.2, 0) is 7.05 Å². The molecule has 0 amide bonds. The summed E-state index contributed by atoms with van der Waals surface area (Å²) in [6, 6.07) is 1.81. The van der Waals surface area contributed by atoms with Crippen molar-refractivity contribution in [2.45, 2.75) is 19.8 Å². The van der Waals surface area contributed by atoms with Gasteiger partial charge in [-0.15, -0.1) is 0 Å². The second-order valence-electron chi connectivity index (χ2n) is 4.10. The highest BCUT2D eigenvalue weighted by Crippen LogP contribution is 2.19. The third kappa shape index (κ3) is 2.03. The molecular weight excluding hydrogens is 202 g/mol. The van der Waals surface area contributed by atoms with E-state index in [2.05, 4.69) is 28.9 Å². The van der Waals surface area contributed by atoms with Crippen molar-refractivity contribution in [1.82, 2.24) is 19.7 Å². The molecule has 2 rings (SSSR count). The fraction of sp³-hybridized carbons (Fsp3) is 0.364. The highest BCUT2D eigenvalue weighted by Gasteiger charge is 2.09. The lowest BCUT2D eigenvalue weighted by atomic mass is 10.1. The number of nitrogens with zero attached hydrogens (tertiary/aromatic N) is 4. The van der Waals surface area contributed by atoms with Gasteiger partial charge in [0.2, 0.25) is 0 Å². The Morgan fingerprint density at radius 1 is 1.31 bits per heavy atom. The summed E-state index contributed by atoms with van der Waals surface area (Å²) in [6.07, 6.45) is 3.61. The molecule has 0 radical (unpaired) electrons. The second-order valence-corrected chi connectivity index (χ2v) is 4.10. The third-order valence-corrected chi connectivity index (χ3v) is 2.32. The minimum atomic E-state index is 0.334. The molecule has 5 heteroatoms. The maximum Gasteiger partial charge on any atom is 0.164 e. The summed E-state index contributed by atoms with van der Waals surface area (Å²) in [5.41, 5.74) is 7.60. The fourth-order valence-corrected chi connectivity index (χ4v) is 1.45. The van der Waals surface area contributed by atoms with Gasteiger partial charge in [-0.3, -0.25) is 4.68 Å². The van der Waals surface area contributed by atoms with Crippen LogP contribution < -0.4 is 5.73 Å². The minimum Gasteiger partial charge on any atom is -0.384 e. The Kier molecular flexibility index (Phi) is 2.60. The van der Waals surface area contributed by atoms with E-state index in [1.165, 1.54) is 0 Å². The summed E-state index contributed by atoms with van der Waals surface area (Å²) in [4.78, 5) is 8.69. The molecule has 0 unspecified atom stereocenters. The Hall–Kier alpha value is -1.91. The number of hydrogen-bond acceptors (Lipinski definition) is 4. The van der Waals surface area contributed by atoms with E-state index in [-0.39, 0.29) is 0 Å². The molecule has 2 N–H and O–H groups in total. The number of aromatic nitrogens is 4. The van der Waals surface area contributed by atoms with Gasteiger partial charge in [-0.05, 0) is 5.92 Å². The zero-order chi connectivity index (χ0) is 11.7. The van der Waals surface area contributed by atoms with E-state index in [0.717, 1.165) is 11.3 Å². The van der Waals surface area contributed by atoms with E-state index < -0.39 is 0 Å². The normalized spacial score (nSPS) is 11.0. The van der Waals surface area contributed by atoms with Crippen LogP contribution in [0, 0.1) is 0 Å². The Balaban J connectivity index is 2.49. The first-order valence-electron chi connectivity index (χ1n) is 5.19. The average Bonchev–Trinajstić information content (AvgIpc) is 2.64. The summed E-state index contributed by atoms with van der Waals surface area (Å²) in [5, 5.41) is 4.09. The lowest BCUT2D eigenvalue weighted by molar-refractivity contribution is 0.767. The van der Waals surface area contributed by atoms with Gasteiger partial charge in [0.05, 0.1) is 11.8 Å². The van der Waals surface area contributed by atoms with E-state index in [9.17, 15) is 0 Å². The first kappa shape index (κ1) is 10.6. The van der Waals surface area contributed by atoms with Gasteiger partial charge in [0.15, 0.2) is 5.82 Å². The largest absolute Gasteiger partial charge is 0.384 e. The number of aryl methyl sites for hydroxylation is 1. The van der Waals surface area contributed by atoms with Gasteiger partial charge >= 0.3 is 0 Å². The molecule has 84 valence electrons. The Morgan fingerprint density at radius 2 is 2.06 bits per heavy atom. The minimum absolute atomic E-state index is 0.334. The summed E-state index contributed by atoms with van der Waals surface area (Å²) >= 11 is 0. The molecule has 0 aromatic carbocycles. The summed E-state index contributed by atoms with van der Waals surface area (Å²) in [5.74, 6) is 1.47. The van der Waals surface area contributed by atoms with Gasteiger partial charge in [0.1, 0.15) is 5.82 Å². The van der Waals surface area contributed by atoms with Gasteiger partial charge in [0, 0.05) is 25.0 Å². The molecule has 0 bridgehead atoms. The molecule has 5 nitrogen and oxygen atoms in total. The first-order chi connectivity index (χ1) is 7.56. The van der Waals surface area contributed by atoms with E-state index in [0.29, 0.717) is 17.6 Å². The van der Waals surface area contributed by atoms with Gasteiger partial charge in [-0.25, -0.2) is 9.97 Å². The fourth-order valence-electron chi connectivity index (χ4n) is 1.45. The van der Waals surface area contributed by atoms with Crippen molar-refractivity contribution in [2.75, 3.05) is 5.73 Å². The molecule has 2 aromatic heterocycles. The van der Waals surface area contributed by atoms with E-state index in [1.54, 1.807) is 10.9 Å². The summed E-state index contributed by atoms with van der Waals surface area (Å²) in [6.45, 7) is 4.16. The molecule has 16 heavy (non-hydrogen) atoms. The SMILES string of the molecule is CC(C)c1cc(N)nc(-c2cnn(C)c2)n1. The molecule has 0 aliphatic rings. The van der Waals surface area contributed by atoms with Gasteiger partial charge in [0.25, 0.3) is 0 Å². The van der Waals surface area contributed by atoms with E-state index in [4.69, 9.17) is 5.73 Å². The highest BCUT2D eigenvalue weighted by atomic mass is 15.2. The maximum atomic E-state index is 5.76. The number of nitrogens with two attached hydrogens (primary N) is 1. The predicted octanol–water partition coefficient (Wildman–Crippen LogP) is 1.58. The van der Waals surface area contributed by atoms with E-state index in [1.807, 2.05) is 19.3 Å². The van der Waals surface area contributed by atoms with Crippen molar-refractivity contribution in [3.05, 3.63) is 24.2 Å². The van der Waals surface area contributed by atoms with E-state index >= 15 is 0 Å². The monoisotopic (exact) mass is 217 g/mol. The molecule has 0 spiro atoms. The van der Waals surface area contributed by atoms with Crippen molar-refractivity contribution in [1.29, 1.82) is 0 Å². The molecule has 0 fully saturated rings. The van der Waals surface area contributed by atoms with Crippen LogP contribution in [-0.4, -0.2) is 19.7 Å². The number of anilines is 1. The van der Waals surface area contributed by atoms with Crippen LogP contribution in [0.4, 0.5) is 5.82 Å². The Labute approximate surface area is 94.3 Å². The zero-order valence-corrected chi connectivity index (χ0v) is 9.68. The van der Waals surface area contributed by atoms with Crippen LogP contribution in [0.1, 0.15) is 25.5 Å². The van der Waals surface area contributed by atoms with Crippen LogP contribution >= 0.6 is 0 Å². The molecule has 0 aliphatic heterocycles. The summed E-state index contributed by atoms with van der Waals surface area (Å²) in [7, 11) is 1.86. The van der Waals surface area contributed by atoms with Crippen molar-refractivity contribution in [3.63, 3.8) is 0 Å². The molecule has 2 aromatic rings. The molecule has 0 saturated heterocycles. The molecule has 0 aliphatic carbocycles. The Bertz CT molecular complexity index is 501. The standard InChI is InChI=1S/C11H15N5/c1-7(2)9-4-10(12)15-11(14-9)8-5-13-16(3)6-8/h4-7H,1-3H3,(H2,12,14,15). The predicted molar refractivity (Wildman–Crippen MR) is 62.7 cm³/mol. The average molecular weight is 217 g/mol. The van der Waals surface area contributed by atoms with Crippen LogP contribution in [0.25, 0.3) is 11.4 Å². The quantitative estimate of drug-likeness (QED) is 0.829. The van der Waals surface area contributed by atoms with Crippen molar-refractivity contribution < 1.29 is 0 Å². The number of nitrogen functional groups attached to an aromatic ring is 1. The molecule has 0 atom stereocenters. The highest BCUT2D eigenvalue weighted by molar-refractivity contribution is 5.54. The summed E-state index contributed by atoms with van der Waals surface area (Å²) < 4.78 is 1.72. The first-order valence-corrected chi connectivity index (χ1v) is 5.19. The van der Waals surface area contributed by atoms with Gasteiger partial charge in [-0.2, -0.15) is 5.10 Å². The lowest BCUT2D eigenvalue weighted by Gasteiger charge is -2.06. The van der Waals surface area contributed by atoms with Gasteiger partial charge < -0.3 is 5.73 Å². The topological polar surface area (TPSA) is 69.6 Å². The Morgan fingerprint density at radius 3 is 2.62 bits per heavy atom. The zero-order valence-electron chi connectivity index (χ0n) is 9.68.